The highest BCUT2D eigenvalue weighted by Gasteiger charge is 2.24. The first kappa shape index (κ1) is 34.4. The molecular formula is C41H38O8. The van der Waals surface area contributed by atoms with Gasteiger partial charge in [-0.1, -0.05) is 95.3 Å². The lowest BCUT2D eigenvalue weighted by Gasteiger charge is -2.26. The van der Waals surface area contributed by atoms with E-state index in [1.165, 1.54) is 7.11 Å². The molecule has 0 radical (unpaired) electrons. The minimum Gasteiger partial charge on any atom is -0.465 e. The molecular weight excluding hydrogens is 620 g/mol. The number of esters is 1. The SMILES string of the molecule is COC(=O)c1ccc(-c2ccc(OC(=O)Oc3ccc(C(C)(C)c4ccc(OC(=O)Oc5ccc(C(C)(C)C)cc5)cc4)cc3)cc2)cc1. The first-order valence-corrected chi connectivity index (χ1v) is 15.7. The van der Waals surface area contributed by atoms with Gasteiger partial charge in [0, 0.05) is 5.41 Å². The van der Waals surface area contributed by atoms with Gasteiger partial charge in [-0.05, 0) is 93.9 Å². The molecule has 0 saturated heterocycles. The monoisotopic (exact) mass is 658 g/mol. The number of ether oxygens (including phenoxy) is 5. The number of benzene rings is 5. The molecule has 0 aliphatic rings. The van der Waals surface area contributed by atoms with Gasteiger partial charge < -0.3 is 23.7 Å². The van der Waals surface area contributed by atoms with Crippen molar-refractivity contribution in [1.29, 1.82) is 0 Å². The second kappa shape index (κ2) is 14.5. The summed E-state index contributed by atoms with van der Waals surface area (Å²) in [5.74, 6) is 1.04. The van der Waals surface area contributed by atoms with Crippen molar-refractivity contribution in [1.82, 2.24) is 0 Å². The van der Waals surface area contributed by atoms with Crippen molar-refractivity contribution in [3.63, 3.8) is 0 Å². The van der Waals surface area contributed by atoms with Gasteiger partial charge in [0.2, 0.25) is 0 Å². The molecule has 0 aliphatic carbocycles. The van der Waals surface area contributed by atoms with Crippen LogP contribution in [0.25, 0.3) is 11.1 Å². The van der Waals surface area contributed by atoms with Crippen molar-refractivity contribution in [2.24, 2.45) is 0 Å². The molecule has 250 valence electrons. The zero-order valence-electron chi connectivity index (χ0n) is 28.3. The number of hydrogen-bond donors (Lipinski definition) is 0. The lowest BCUT2D eigenvalue weighted by molar-refractivity contribution is 0.0600. The number of hydrogen-bond acceptors (Lipinski definition) is 8. The van der Waals surface area contributed by atoms with E-state index < -0.39 is 23.7 Å². The molecule has 8 heteroatoms. The Hall–Kier alpha value is -5.89. The lowest BCUT2D eigenvalue weighted by atomic mass is 9.78. The first-order valence-electron chi connectivity index (χ1n) is 15.7. The van der Waals surface area contributed by atoms with Crippen LogP contribution in [-0.4, -0.2) is 25.4 Å². The summed E-state index contributed by atoms with van der Waals surface area (Å²) in [7, 11) is 1.34. The van der Waals surface area contributed by atoms with Crippen LogP contribution in [-0.2, 0) is 15.6 Å². The normalized spacial score (nSPS) is 11.3. The summed E-state index contributed by atoms with van der Waals surface area (Å²) in [6.07, 6.45) is -1.68. The first-order chi connectivity index (χ1) is 23.3. The van der Waals surface area contributed by atoms with E-state index in [2.05, 4.69) is 34.6 Å². The second-order valence-corrected chi connectivity index (χ2v) is 12.9. The average molecular weight is 659 g/mol. The van der Waals surface area contributed by atoms with Crippen molar-refractivity contribution in [3.8, 4) is 34.1 Å². The highest BCUT2D eigenvalue weighted by atomic mass is 16.7. The quantitative estimate of drug-likeness (QED) is 0.120. The van der Waals surface area contributed by atoms with Gasteiger partial charge in [0.25, 0.3) is 0 Å². The van der Waals surface area contributed by atoms with Crippen molar-refractivity contribution in [2.45, 2.75) is 45.4 Å². The minimum absolute atomic E-state index is 0.000275. The molecule has 0 saturated carbocycles. The standard InChI is InChI=1S/C41H38O8/c1-40(2,3)30-13-21-34(22-14-30)47-39(44)49-36-25-17-32(18-26-36)41(4,5)31-15-23-35(24-16-31)48-38(43)46-33-19-11-28(12-20-33)27-7-9-29(10-8-27)37(42)45-6/h7-26H,1-6H3. The number of rotatable bonds is 8. The molecule has 5 rings (SSSR count). The van der Waals surface area contributed by atoms with Crippen LogP contribution < -0.4 is 18.9 Å². The van der Waals surface area contributed by atoms with E-state index in [1.807, 2.05) is 60.7 Å². The van der Waals surface area contributed by atoms with Gasteiger partial charge in [0.15, 0.2) is 0 Å². The third-order valence-electron chi connectivity index (χ3n) is 8.17. The Morgan fingerprint density at radius 1 is 0.429 bits per heavy atom. The van der Waals surface area contributed by atoms with E-state index in [4.69, 9.17) is 23.7 Å². The highest BCUT2D eigenvalue weighted by Crippen LogP contribution is 2.34. The molecule has 0 atom stereocenters. The van der Waals surface area contributed by atoms with E-state index in [1.54, 1.807) is 60.7 Å². The highest BCUT2D eigenvalue weighted by molar-refractivity contribution is 5.90. The van der Waals surface area contributed by atoms with E-state index in [0.717, 1.165) is 27.8 Å². The third-order valence-corrected chi connectivity index (χ3v) is 8.17. The van der Waals surface area contributed by atoms with E-state index >= 15 is 0 Å². The fourth-order valence-electron chi connectivity index (χ4n) is 5.13. The topological polar surface area (TPSA) is 97.4 Å². The Morgan fingerprint density at radius 2 is 0.735 bits per heavy atom. The van der Waals surface area contributed by atoms with Crippen LogP contribution in [0.2, 0.25) is 0 Å². The maximum Gasteiger partial charge on any atom is 0.519 e. The van der Waals surface area contributed by atoms with Gasteiger partial charge in [-0.15, -0.1) is 0 Å². The molecule has 0 aromatic heterocycles. The number of carbonyl (C=O) groups excluding carboxylic acids is 3. The Morgan fingerprint density at radius 3 is 1.06 bits per heavy atom. The molecule has 0 amide bonds. The van der Waals surface area contributed by atoms with Gasteiger partial charge in [-0.3, -0.25) is 0 Å². The van der Waals surface area contributed by atoms with E-state index in [9.17, 15) is 14.4 Å². The predicted octanol–water partition coefficient (Wildman–Crippen LogP) is 9.92. The largest absolute Gasteiger partial charge is 0.519 e. The predicted molar refractivity (Wildman–Crippen MR) is 187 cm³/mol. The summed E-state index contributed by atoms with van der Waals surface area (Å²) in [5.41, 5.74) is 4.94. The Bertz CT molecular complexity index is 1900. The maximum absolute atomic E-state index is 12.5. The van der Waals surface area contributed by atoms with Crippen molar-refractivity contribution >= 4 is 18.3 Å². The molecule has 5 aromatic carbocycles. The zero-order chi connectivity index (χ0) is 35.2. The summed E-state index contributed by atoms with van der Waals surface area (Å²) in [4.78, 5) is 36.5. The molecule has 0 heterocycles. The van der Waals surface area contributed by atoms with Gasteiger partial charge in [-0.2, -0.15) is 0 Å². The lowest BCUT2D eigenvalue weighted by Crippen LogP contribution is -2.19. The molecule has 0 bridgehead atoms. The van der Waals surface area contributed by atoms with E-state index in [-0.39, 0.29) is 5.41 Å². The summed E-state index contributed by atoms with van der Waals surface area (Å²) >= 11 is 0. The fraction of sp³-hybridized carbons (Fsp3) is 0.195. The van der Waals surface area contributed by atoms with Gasteiger partial charge in [-0.25, -0.2) is 14.4 Å². The number of methoxy groups -OCH3 is 1. The van der Waals surface area contributed by atoms with Crippen molar-refractivity contribution < 1.29 is 38.1 Å². The van der Waals surface area contributed by atoms with E-state index in [0.29, 0.717) is 28.6 Å². The summed E-state index contributed by atoms with van der Waals surface area (Å²) in [6.45, 7) is 10.5. The molecule has 0 fully saturated rings. The van der Waals surface area contributed by atoms with Crippen LogP contribution in [0.4, 0.5) is 9.59 Å². The second-order valence-electron chi connectivity index (χ2n) is 12.9. The maximum atomic E-state index is 12.5. The Labute approximate surface area is 286 Å². The third kappa shape index (κ3) is 8.73. The Kier molecular flexibility index (Phi) is 10.2. The molecule has 49 heavy (non-hydrogen) atoms. The molecule has 5 aromatic rings. The minimum atomic E-state index is -0.863. The van der Waals surface area contributed by atoms with Crippen LogP contribution >= 0.6 is 0 Å². The van der Waals surface area contributed by atoms with Gasteiger partial charge in [0.1, 0.15) is 23.0 Å². The van der Waals surface area contributed by atoms with Crippen molar-refractivity contribution in [3.05, 3.63) is 144 Å². The van der Waals surface area contributed by atoms with Crippen LogP contribution in [0, 0.1) is 0 Å². The average Bonchev–Trinajstić information content (AvgIpc) is 3.08. The van der Waals surface area contributed by atoms with Crippen molar-refractivity contribution in [2.75, 3.05) is 7.11 Å². The van der Waals surface area contributed by atoms with Crippen LogP contribution in [0.5, 0.6) is 23.0 Å². The van der Waals surface area contributed by atoms with Crippen LogP contribution in [0.15, 0.2) is 121 Å². The summed E-state index contributed by atoms with van der Waals surface area (Å²) < 4.78 is 26.2. The zero-order valence-corrected chi connectivity index (χ0v) is 28.3. The number of carbonyl (C=O) groups is 3. The molecule has 8 nitrogen and oxygen atoms in total. The molecule has 0 aliphatic heterocycles. The summed E-state index contributed by atoms with van der Waals surface area (Å²) in [6, 6.07) is 35.8. The molecule has 0 spiro atoms. The smallest absolute Gasteiger partial charge is 0.465 e. The van der Waals surface area contributed by atoms with Crippen LogP contribution in [0.1, 0.15) is 61.7 Å². The summed E-state index contributed by atoms with van der Waals surface area (Å²) in [5, 5.41) is 0. The fourth-order valence-corrected chi connectivity index (χ4v) is 5.13. The van der Waals surface area contributed by atoms with Gasteiger partial charge in [0.05, 0.1) is 12.7 Å². The Balaban J connectivity index is 1.13. The van der Waals surface area contributed by atoms with Crippen LogP contribution in [0.3, 0.4) is 0 Å². The van der Waals surface area contributed by atoms with Gasteiger partial charge >= 0.3 is 18.3 Å². The molecule has 0 unspecified atom stereocenters. The molecule has 0 N–H and O–H groups in total.